The highest BCUT2D eigenvalue weighted by Crippen LogP contribution is 2.39. The van der Waals surface area contributed by atoms with Crippen LogP contribution < -0.4 is 9.47 Å². The molecule has 1 aromatic rings. The quantitative estimate of drug-likeness (QED) is 0.630. The van der Waals surface area contributed by atoms with Gasteiger partial charge in [0.15, 0.2) is 11.5 Å². The molecule has 4 nitrogen and oxygen atoms in total. The lowest BCUT2D eigenvalue weighted by Crippen LogP contribution is -2.24. The second kappa shape index (κ2) is 6.14. The van der Waals surface area contributed by atoms with E-state index in [0.29, 0.717) is 29.7 Å². The van der Waals surface area contributed by atoms with Gasteiger partial charge in [-0.25, -0.2) is 0 Å². The van der Waals surface area contributed by atoms with Gasteiger partial charge in [0.05, 0.1) is 10.8 Å². The summed E-state index contributed by atoms with van der Waals surface area (Å²) in [4.78, 5) is 12.5. The molecule has 0 atom stereocenters. The molecule has 0 spiro atoms. The zero-order valence-corrected chi connectivity index (χ0v) is 13.3. The van der Waals surface area contributed by atoms with Crippen LogP contribution in [0.3, 0.4) is 0 Å². The van der Waals surface area contributed by atoms with Crippen molar-refractivity contribution < 1.29 is 19.0 Å². The van der Waals surface area contributed by atoms with Gasteiger partial charge in [0.1, 0.15) is 18.8 Å². The number of fused-ring (bicyclic) bond motifs is 1. The topological polar surface area (TPSA) is 44.8 Å². The minimum atomic E-state index is -0.478. The van der Waals surface area contributed by atoms with Gasteiger partial charge < -0.3 is 14.2 Å². The Balaban J connectivity index is 2.01. The zero-order valence-electron chi connectivity index (χ0n) is 11.7. The number of ether oxygens (including phenoxy) is 3. The Hall–Kier alpha value is -1.07. The van der Waals surface area contributed by atoms with E-state index in [1.165, 1.54) is 11.8 Å². The number of halogens is 1. The van der Waals surface area contributed by atoms with Crippen molar-refractivity contribution in [1.82, 2.24) is 0 Å². The second-order valence-electron chi connectivity index (χ2n) is 5.30. The minimum Gasteiger partial charge on any atom is -0.486 e. The Labute approximate surface area is 127 Å². The van der Waals surface area contributed by atoms with Crippen LogP contribution in [0, 0.1) is 0 Å². The van der Waals surface area contributed by atoms with Crippen LogP contribution in [0.1, 0.15) is 20.8 Å². The molecular formula is C14H17ClO4S. The number of carbonyl (C=O) groups is 1. The van der Waals surface area contributed by atoms with Gasteiger partial charge in [0, 0.05) is 11.0 Å². The monoisotopic (exact) mass is 316 g/mol. The van der Waals surface area contributed by atoms with E-state index in [0.717, 1.165) is 4.90 Å². The number of hydrogen-bond acceptors (Lipinski definition) is 5. The van der Waals surface area contributed by atoms with Gasteiger partial charge in [-0.05, 0) is 26.8 Å². The predicted molar refractivity (Wildman–Crippen MR) is 79.0 cm³/mol. The van der Waals surface area contributed by atoms with E-state index < -0.39 is 5.60 Å². The average molecular weight is 317 g/mol. The molecule has 0 aromatic heterocycles. The van der Waals surface area contributed by atoms with Crippen molar-refractivity contribution >= 4 is 29.3 Å². The maximum absolute atomic E-state index is 11.7. The molecular weight excluding hydrogens is 300 g/mol. The first-order valence-corrected chi connectivity index (χ1v) is 7.65. The summed E-state index contributed by atoms with van der Waals surface area (Å²) in [6, 6.07) is 3.51. The third-order valence-electron chi connectivity index (χ3n) is 2.36. The fourth-order valence-corrected chi connectivity index (χ4v) is 2.70. The van der Waals surface area contributed by atoms with Crippen molar-refractivity contribution in [3.8, 4) is 11.5 Å². The van der Waals surface area contributed by atoms with Crippen LogP contribution in [0.15, 0.2) is 17.0 Å². The summed E-state index contributed by atoms with van der Waals surface area (Å²) in [6.07, 6.45) is 0. The minimum absolute atomic E-state index is 0.205. The lowest BCUT2D eigenvalue weighted by molar-refractivity contribution is -0.151. The Morgan fingerprint density at radius 1 is 1.30 bits per heavy atom. The van der Waals surface area contributed by atoms with Crippen molar-refractivity contribution in [2.24, 2.45) is 0 Å². The molecule has 0 amide bonds. The van der Waals surface area contributed by atoms with Crippen LogP contribution in [0.4, 0.5) is 0 Å². The summed E-state index contributed by atoms with van der Waals surface area (Å²) < 4.78 is 16.2. The largest absolute Gasteiger partial charge is 0.486 e. The number of rotatable bonds is 3. The summed E-state index contributed by atoms with van der Waals surface area (Å²) in [5, 5.41) is 0.544. The van der Waals surface area contributed by atoms with E-state index in [1.807, 2.05) is 20.8 Å². The number of benzene rings is 1. The Morgan fingerprint density at radius 2 is 1.90 bits per heavy atom. The first kappa shape index (κ1) is 15.3. The fraction of sp³-hybridized carbons (Fsp3) is 0.500. The summed E-state index contributed by atoms with van der Waals surface area (Å²) in [5.74, 6) is 1.24. The van der Waals surface area contributed by atoms with Gasteiger partial charge in [-0.2, -0.15) is 0 Å². The first-order chi connectivity index (χ1) is 9.35. The molecule has 1 heterocycles. The molecule has 1 aliphatic rings. The summed E-state index contributed by atoms with van der Waals surface area (Å²) >= 11 is 7.50. The molecule has 2 rings (SSSR count). The van der Waals surface area contributed by atoms with Gasteiger partial charge in [0.2, 0.25) is 0 Å². The first-order valence-electron chi connectivity index (χ1n) is 6.29. The smallest absolute Gasteiger partial charge is 0.316 e. The molecule has 20 heavy (non-hydrogen) atoms. The highest BCUT2D eigenvalue weighted by atomic mass is 35.5. The molecule has 0 aliphatic carbocycles. The summed E-state index contributed by atoms with van der Waals surface area (Å²) in [6.45, 7) is 6.56. The predicted octanol–water partition coefficient (Wildman–Crippen LogP) is 3.55. The molecule has 110 valence electrons. The van der Waals surface area contributed by atoms with Crippen molar-refractivity contribution in [3.05, 3.63) is 17.2 Å². The summed E-state index contributed by atoms with van der Waals surface area (Å²) in [5.41, 5.74) is -0.478. The standard InChI is InChI=1S/C14H17ClO4S/c1-14(2,3)19-13(16)8-20-12-7-11-10(6-9(12)15)17-4-5-18-11/h6-7H,4-5,8H2,1-3H3. The molecule has 0 bridgehead atoms. The van der Waals surface area contributed by atoms with E-state index >= 15 is 0 Å². The molecule has 0 saturated carbocycles. The Bertz CT molecular complexity index is 511. The highest BCUT2D eigenvalue weighted by molar-refractivity contribution is 8.00. The highest BCUT2D eigenvalue weighted by Gasteiger charge is 2.19. The maximum atomic E-state index is 11.7. The number of esters is 1. The van der Waals surface area contributed by atoms with Gasteiger partial charge in [-0.3, -0.25) is 4.79 Å². The van der Waals surface area contributed by atoms with Gasteiger partial charge >= 0.3 is 5.97 Å². The third-order valence-corrected chi connectivity index (χ3v) is 3.82. The van der Waals surface area contributed by atoms with Crippen molar-refractivity contribution in [1.29, 1.82) is 0 Å². The van der Waals surface area contributed by atoms with E-state index in [2.05, 4.69) is 0 Å². The maximum Gasteiger partial charge on any atom is 0.316 e. The lowest BCUT2D eigenvalue weighted by Gasteiger charge is -2.20. The van der Waals surface area contributed by atoms with Crippen LogP contribution in [0.2, 0.25) is 5.02 Å². The molecule has 0 radical (unpaired) electrons. The molecule has 0 saturated heterocycles. The average Bonchev–Trinajstić information content (AvgIpc) is 2.34. The normalized spacial score (nSPS) is 14.0. The van der Waals surface area contributed by atoms with Gasteiger partial charge in [-0.15, -0.1) is 11.8 Å². The van der Waals surface area contributed by atoms with E-state index in [-0.39, 0.29) is 11.7 Å². The van der Waals surface area contributed by atoms with Crippen molar-refractivity contribution in [2.45, 2.75) is 31.3 Å². The molecule has 0 unspecified atom stereocenters. The van der Waals surface area contributed by atoms with Crippen LogP contribution in [-0.4, -0.2) is 30.5 Å². The molecule has 0 N–H and O–H groups in total. The number of carbonyl (C=O) groups excluding carboxylic acids is 1. The second-order valence-corrected chi connectivity index (χ2v) is 6.73. The summed E-state index contributed by atoms with van der Waals surface area (Å²) in [7, 11) is 0. The van der Waals surface area contributed by atoms with E-state index in [1.54, 1.807) is 12.1 Å². The van der Waals surface area contributed by atoms with Crippen LogP contribution in [0.5, 0.6) is 11.5 Å². The number of hydrogen-bond donors (Lipinski definition) is 0. The molecule has 6 heteroatoms. The van der Waals surface area contributed by atoms with Crippen LogP contribution >= 0.6 is 23.4 Å². The Kier molecular flexibility index (Phi) is 4.70. The molecule has 0 fully saturated rings. The molecule has 1 aromatic carbocycles. The van der Waals surface area contributed by atoms with Gasteiger partial charge in [0.25, 0.3) is 0 Å². The zero-order chi connectivity index (χ0) is 14.8. The van der Waals surface area contributed by atoms with E-state index in [9.17, 15) is 4.79 Å². The van der Waals surface area contributed by atoms with Gasteiger partial charge in [-0.1, -0.05) is 11.6 Å². The molecule has 1 aliphatic heterocycles. The van der Waals surface area contributed by atoms with Crippen LogP contribution in [0.25, 0.3) is 0 Å². The van der Waals surface area contributed by atoms with E-state index in [4.69, 9.17) is 25.8 Å². The SMILES string of the molecule is CC(C)(C)OC(=O)CSc1cc2c(cc1Cl)OCCO2. The van der Waals surface area contributed by atoms with Crippen molar-refractivity contribution in [2.75, 3.05) is 19.0 Å². The fourth-order valence-electron chi connectivity index (χ4n) is 1.66. The van der Waals surface area contributed by atoms with Crippen LogP contribution in [-0.2, 0) is 9.53 Å². The lowest BCUT2D eigenvalue weighted by atomic mass is 10.2. The third kappa shape index (κ3) is 4.21. The Morgan fingerprint density at radius 3 is 2.50 bits per heavy atom. The number of thioether (sulfide) groups is 1. The van der Waals surface area contributed by atoms with Crippen molar-refractivity contribution in [3.63, 3.8) is 0 Å².